The number of carbonyl (C=O) groups excluding carboxylic acids is 2. The molecule has 2 rings (SSSR count). The Morgan fingerprint density at radius 2 is 1.69 bits per heavy atom. The zero-order valence-corrected chi connectivity index (χ0v) is 20.0. The molecule has 0 aliphatic carbocycles. The molecule has 0 spiro atoms. The van der Waals surface area contributed by atoms with Crippen LogP contribution in [0.25, 0.3) is 0 Å². The fraction of sp³-hybridized carbons (Fsp3) is 0.333. The molecule has 0 aliphatic rings. The molecule has 2 aromatic carbocycles. The number of anilines is 1. The highest BCUT2D eigenvalue weighted by Gasteiger charge is 2.24. The predicted octanol–water partition coefficient (Wildman–Crippen LogP) is 2.75. The maximum Gasteiger partial charge on any atom is 0.254 e. The Balaban J connectivity index is 2.21. The van der Waals surface area contributed by atoms with Crippen LogP contribution in [0.1, 0.15) is 24.2 Å². The largest absolute Gasteiger partial charge is 0.495 e. The number of methoxy groups -OCH3 is 2. The van der Waals surface area contributed by atoms with Crippen molar-refractivity contribution in [3.63, 3.8) is 0 Å². The molecule has 0 aliphatic heterocycles. The van der Waals surface area contributed by atoms with E-state index in [4.69, 9.17) is 21.1 Å². The van der Waals surface area contributed by atoms with Gasteiger partial charge in [0.25, 0.3) is 5.91 Å². The number of carbonyl (C=O) groups is 2. The number of hydrogen-bond acceptors (Lipinski definition) is 6. The van der Waals surface area contributed by atoms with Gasteiger partial charge in [0.15, 0.2) is 0 Å². The average Bonchev–Trinajstić information content (AvgIpc) is 2.71. The average molecular weight is 484 g/mol. The summed E-state index contributed by atoms with van der Waals surface area (Å²) in [5.41, 5.74) is 0.453. The zero-order valence-electron chi connectivity index (χ0n) is 18.4. The van der Waals surface area contributed by atoms with E-state index in [1.165, 1.54) is 50.4 Å². The summed E-state index contributed by atoms with van der Waals surface area (Å²) in [6.45, 7) is 3.08. The monoisotopic (exact) mass is 483 g/mol. The molecule has 0 atom stereocenters. The number of sulfonamides is 1. The van der Waals surface area contributed by atoms with Crippen LogP contribution in [0, 0.1) is 0 Å². The fourth-order valence-corrected chi connectivity index (χ4v) is 4.49. The summed E-state index contributed by atoms with van der Waals surface area (Å²) in [4.78, 5) is 26.3. The third-order valence-corrected chi connectivity index (χ3v) is 6.17. The molecule has 0 fully saturated rings. The van der Waals surface area contributed by atoms with Gasteiger partial charge in [0.1, 0.15) is 16.4 Å². The first kappa shape index (κ1) is 25.4. The first-order chi connectivity index (χ1) is 15.0. The second kappa shape index (κ2) is 10.7. The summed E-state index contributed by atoms with van der Waals surface area (Å²) >= 11 is 5.97. The van der Waals surface area contributed by atoms with Gasteiger partial charge in [-0.05, 0) is 50.2 Å². The molecule has 11 heteroatoms. The van der Waals surface area contributed by atoms with Crippen LogP contribution in [-0.4, -0.2) is 59.0 Å². The molecule has 2 N–H and O–H groups in total. The van der Waals surface area contributed by atoms with Crippen LogP contribution in [0.15, 0.2) is 41.3 Å². The Morgan fingerprint density at radius 3 is 2.28 bits per heavy atom. The van der Waals surface area contributed by atoms with Crippen molar-refractivity contribution in [1.29, 1.82) is 0 Å². The summed E-state index contributed by atoms with van der Waals surface area (Å²) in [7, 11) is 0.317. The van der Waals surface area contributed by atoms with Crippen molar-refractivity contribution in [2.45, 2.75) is 24.8 Å². The Kier molecular flexibility index (Phi) is 8.48. The molecule has 174 valence electrons. The number of nitrogens with zero attached hydrogens (tertiary/aromatic N) is 1. The summed E-state index contributed by atoms with van der Waals surface area (Å²) < 4.78 is 38.1. The van der Waals surface area contributed by atoms with E-state index in [-0.39, 0.29) is 28.8 Å². The summed E-state index contributed by atoms with van der Waals surface area (Å²) in [6, 6.07) is 8.46. The van der Waals surface area contributed by atoms with E-state index in [1.807, 2.05) is 0 Å². The molecule has 0 saturated heterocycles. The number of amides is 2. The Bertz CT molecular complexity index is 1100. The van der Waals surface area contributed by atoms with E-state index < -0.39 is 21.8 Å². The minimum Gasteiger partial charge on any atom is -0.495 e. The molecule has 0 radical (unpaired) electrons. The number of hydrogen-bond donors (Lipinski definition) is 2. The van der Waals surface area contributed by atoms with Crippen LogP contribution in [0.4, 0.5) is 5.69 Å². The highest BCUT2D eigenvalue weighted by Crippen LogP contribution is 2.28. The van der Waals surface area contributed by atoms with Gasteiger partial charge in [-0.25, -0.2) is 13.1 Å². The minimum absolute atomic E-state index is 0.0885. The molecule has 32 heavy (non-hydrogen) atoms. The first-order valence-electron chi connectivity index (χ1n) is 9.57. The van der Waals surface area contributed by atoms with E-state index in [9.17, 15) is 18.0 Å². The van der Waals surface area contributed by atoms with Crippen molar-refractivity contribution >= 4 is 39.1 Å². The number of nitrogens with one attached hydrogen (secondary N) is 2. The molecular weight excluding hydrogens is 458 g/mol. The molecule has 0 unspecified atom stereocenters. The number of rotatable bonds is 9. The van der Waals surface area contributed by atoms with E-state index >= 15 is 0 Å². The van der Waals surface area contributed by atoms with Gasteiger partial charge in [0.2, 0.25) is 15.9 Å². The molecule has 0 saturated carbocycles. The van der Waals surface area contributed by atoms with E-state index in [0.29, 0.717) is 16.5 Å². The molecule has 9 nitrogen and oxygen atoms in total. The van der Waals surface area contributed by atoms with Crippen molar-refractivity contribution in [3.05, 3.63) is 47.0 Å². The van der Waals surface area contributed by atoms with Gasteiger partial charge >= 0.3 is 0 Å². The normalized spacial score (nSPS) is 11.2. The summed E-state index contributed by atoms with van der Waals surface area (Å²) in [5.74, 6) is -0.506. The van der Waals surface area contributed by atoms with Crippen molar-refractivity contribution in [2.24, 2.45) is 0 Å². The first-order valence-corrected chi connectivity index (χ1v) is 11.4. The molecule has 0 aromatic heterocycles. The van der Waals surface area contributed by atoms with Crippen molar-refractivity contribution in [3.8, 4) is 11.5 Å². The Labute approximate surface area is 192 Å². The number of ether oxygens (including phenoxy) is 2. The lowest BCUT2D eigenvalue weighted by Crippen LogP contribution is -2.35. The van der Waals surface area contributed by atoms with Crippen LogP contribution in [0.5, 0.6) is 11.5 Å². The van der Waals surface area contributed by atoms with Crippen LogP contribution >= 0.6 is 11.6 Å². The minimum atomic E-state index is -3.91. The SMILES string of the molecule is COc1ccc(Cl)cc1NC(=O)CN(C)C(=O)c1ccc(OC)c(S(=O)(=O)NC(C)C)c1. The summed E-state index contributed by atoms with van der Waals surface area (Å²) in [6.07, 6.45) is 0. The standard InChI is InChI=1S/C21H26ClN3O6S/c1-13(2)24-32(28,29)19-10-14(6-8-18(19)31-5)21(27)25(3)12-20(26)23-16-11-15(22)7-9-17(16)30-4/h6-11,13,24H,12H2,1-5H3,(H,23,26). The quantitative estimate of drug-likeness (QED) is 0.567. The van der Waals surface area contributed by atoms with Crippen molar-refractivity contribution in [1.82, 2.24) is 9.62 Å². The Morgan fingerprint density at radius 1 is 1.06 bits per heavy atom. The number of likely N-dealkylation sites (N-methyl/N-ethyl adjacent to an activating group) is 1. The predicted molar refractivity (Wildman–Crippen MR) is 122 cm³/mol. The van der Waals surface area contributed by atoms with Crippen molar-refractivity contribution < 1.29 is 27.5 Å². The van der Waals surface area contributed by atoms with Crippen molar-refractivity contribution in [2.75, 3.05) is 33.1 Å². The van der Waals surface area contributed by atoms with Crippen LogP contribution in [0.3, 0.4) is 0 Å². The van der Waals surface area contributed by atoms with E-state index in [2.05, 4.69) is 10.0 Å². The fourth-order valence-electron chi connectivity index (χ4n) is 2.87. The molecule has 2 aromatic rings. The molecule has 2 amide bonds. The lowest BCUT2D eigenvalue weighted by atomic mass is 10.2. The van der Waals surface area contributed by atoms with Gasteiger partial charge in [-0.3, -0.25) is 9.59 Å². The summed E-state index contributed by atoms with van der Waals surface area (Å²) in [5, 5.41) is 3.06. The molecule has 0 bridgehead atoms. The third-order valence-electron chi connectivity index (χ3n) is 4.25. The van der Waals surface area contributed by atoms with Gasteiger partial charge in [-0.1, -0.05) is 11.6 Å². The number of benzene rings is 2. The topological polar surface area (TPSA) is 114 Å². The third kappa shape index (κ3) is 6.35. The lowest BCUT2D eigenvalue weighted by molar-refractivity contribution is -0.116. The van der Waals surface area contributed by atoms with Gasteiger partial charge < -0.3 is 19.7 Å². The zero-order chi connectivity index (χ0) is 24.1. The van der Waals surface area contributed by atoms with E-state index in [1.54, 1.807) is 26.0 Å². The number of halogens is 1. The van der Waals surface area contributed by atoms with Crippen LogP contribution in [0.2, 0.25) is 5.02 Å². The van der Waals surface area contributed by atoms with Gasteiger partial charge in [0, 0.05) is 23.7 Å². The van der Waals surface area contributed by atoms with Gasteiger partial charge in [0.05, 0.1) is 26.5 Å². The molecular formula is C21H26ClN3O6S. The highest BCUT2D eigenvalue weighted by molar-refractivity contribution is 7.89. The molecule has 0 heterocycles. The van der Waals surface area contributed by atoms with Gasteiger partial charge in [-0.15, -0.1) is 0 Å². The smallest absolute Gasteiger partial charge is 0.254 e. The van der Waals surface area contributed by atoms with Crippen LogP contribution < -0.4 is 19.5 Å². The second-order valence-electron chi connectivity index (χ2n) is 7.20. The van der Waals surface area contributed by atoms with E-state index in [0.717, 1.165) is 0 Å². The maximum absolute atomic E-state index is 12.9. The van der Waals surface area contributed by atoms with Crippen LogP contribution in [-0.2, 0) is 14.8 Å². The lowest BCUT2D eigenvalue weighted by Gasteiger charge is -2.19. The van der Waals surface area contributed by atoms with Gasteiger partial charge in [-0.2, -0.15) is 0 Å². The Hall–Kier alpha value is -2.82. The second-order valence-corrected chi connectivity index (χ2v) is 9.31. The highest BCUT2D eigenvalue weighted by atomic mass is 35.5. The maximum atomic E-state index is 12.9.